The first-order valence-corrected chi connectivity index (χ1v) is 4.70. The Hall–Kier alpha value is -0.540. The molecule has 52 valence electrons. The van der Waals surface area contributed by atoms with Crippen LogP contribution in [-0.2, 0) is 0 Å². The van der Waals surface area contributed by atoms with Crippen LogP contribution in [0, 0.1) is 6.92 Å². The van der Waals surface area contributed by atoms with E-state index in [2.05, 4.69) is 18.4 Å². The Balaban J connectivity index is 2.90. The summed E-state index contributed by atoms with van der Waals surface area (Å²) in [4.78, 5) is 1.34. The van der Waals surface area contributed by atoms with Crippen LogP contribution in [0.2, 0.25) is 0 Å². The molecule has 1 nitrogen and oxygen atoms in total. The van der Waals surface area contributed by atoms with Crippen molar-refractivity contribution < 1.29 is 0 Å². The zero-order valence-electron chi connectivity index (χ0n) is 5.55. The predicted molar refractivity (Wildman–Crippen MR) is 48.9 cm³/mol. The van der Waals surface area contributed by atoms with Crippen molar-refractivity contribution in [2.24, 2.45) is 0 Å². The lowest BCUT2D eigenvalue weighted by Gasteiger charge is -1.78. The molecule has 2 N–H and O–H groups in total. The minimum atomic E-state index is 0.944. The quantitative estimate of drug-likeness (QED) is 0.644. The average Bonchev–Trinajstić information content (AvgIpc) is 2.35. The molecule has 10 heavy (non-hydrogen) atoms. The van der Waals surface area contributed by atoms with E-state index in [1.807, 2.05) is 0 Å². The van der Waals surface area contributed by atoms with Crippen molar-refractivity contribution in [3.05, 3.63) is 16.3 Å². The minimum absolute atomic E-state index is 0.944. The third-order valence-electron chi connectivity index (χ3n) is 1.44. The van der Waals surface area contributed by atoms with Gasteiger partial charge in [-0.2, -0.15) is 0 Å². The van der Waals surface area contributed by atoms with Crippen LogP contribution < -0.4 is 5.73 Å². The average molecular weight is 169 g/mol. The third-order valence-corrected chi connectivity index (χ3v) is 3.42. The first-order valence-electron chi connectivity index (χ1n) is 3.00. The van der Waals surface area contributed by atoms with E-state index in [1.54, 1.807) is 22.7 Å². The molecule has 0 bridgehead atoms. The number of hydrogen-bond acceptors (Lipinski definition) is 3. The topological polar surface area (TPSA) is 26.0 Å². The highest BCUT2D eigenvalue weighted by atomic mass is 32.1. The Kier molecular flexibility index (Phi) is 1.22. The SMILES string of the molecule is Cc1cc2c(N)scc2s1. The summed E-state index contributed by atoms with van der Waals surface area (Å²) in [6, 6.07) is 2.14. The van der Waals surface area contributed by atoms with Gasteiger partial charge in [0.15, 0.2) is 0 Å². The van der Waals surface area contributed by atoms with E-state index in [0.717, 1.165) is 5.00 Å². The number of hydrogen-bond donors (Lipinski definition) is 1. The maximum atomic E-state index is 5.71. The summed E-state index contributed by atoms with van der Waals surface area (Å²) in [5.41, 5.74) is 5.71. The second kappa shape index (κ2) is 1.97. The van der Waals surface area contributed by atoms with Crippen LogP contribution in [0.3, 0.4) is 0 Å². The number of aryl methyl sites for hydroxylation is 1. The van der Waals surface area contributed by atoms with Crippen molar-refractivity contribution in [2.45, 2.75) is 6.92 Å². The summed E-state index contributed by atoms with van der Waals surface area (Å²) in [5.74, 6) is 0. The van der Waals surface area contributed by atoms with Gasteiger partial charge in [0.05, 0.1) is 5.00 Å². The van der Waals surface area contributed by atoms with E-state index >= 15 is 0 Å². The lowest BCUT2D eigenvalue weighted by molar-refractivity contribution is 1.66. The Morgan fingerprint density at radius 2 is 2.30 bits per heavy atom. The van der Waals surface area contributed by atoms with Crippen LogP contribution in [-0.4, -0.2) is 0 Å². The molecule has 3 heteroatoms. The molecule has 2 aromatic heterocycles. The van der Waals surface area contributed by atoms with Gasteiger partial charge >= 0.3 is 0 Å². The summed E-state index contributed by atoms with van der Waals surface area (Å²) in [5, 5.41) is 4.29. The first kappa shape index (κ1) is 6.19. The molecule has 0 saturated carbocycles. The number of nitrogen functional groups attached to an aromatic ring is 1. The normalized spacial score (nSPS) is 10.9. The molecule has 2 heterocycles. The highest BCUT2D eigenvalue weighted by Gasteiger charge is 2.02. The Labute approximate surface area is 67.1 Å². The molecular formula is C7H7NS2. The molecule has 0 atom stereocenters. The minimum Gasteiger partial charge on any atom is -0.390 e. The van der Waals surface area contributed by atoms with Gasteiger partial charge in [0, 0.05) is 20.3 Å². The lowest BCUT2D eigenvalue weighted by Crippen LogP contribution is -1.75. The van der Waals surface area contributed by atoms with Crippen molar-refractivity contribution in [1.82, 2.24) is 0 Å². The molecule has 0 unspecified atom stereocenters. The lowest BCUT2D eigenvalue weighted by atomic mass is 10.4. The molecule has 0 radical (unpaired) electrons. The van der Waals surface area contributed by atoms with Gasteiger partial charge < -0.3 is 5.73 Å². The molecular weight excluding hydrogens is 162 g/mol. The van der Waals surface area contributed by atoms with E-state index in [4.69, 9.17) is 5.73 Å². The van der Waals surface area contributed by atoms with Gasteiger partial charge in [0.25, 0.3) is 0 Å². The molecule has 0 aliphatic heterocycles. The monoisotopic (exact) mass is 169 g/mol. The van der Waals surface area contributed by atoms with E-state index in [9.17, 15) is 0 Å². The maximum absolute atomic E-state index is 5.71. The summed E-state index contributed by atoms with van der Waals surface area (Å²) in [6.07, 6.45) is 0. The number of rotatable bonds is 0. The van der Waals surface area contributed by atoms with Crippen LogP contribution in [0.4, 0.5) is 5.00 Å². The standard InChI is InChI=1S/C7H7NS2/c1-4-2-5-6(10-4)3-9-7(5)8/h2-3H,8H2,1H3. The van der Waals surface area contributed by atoms with E-state index in [-0.39, 0.29) is 0 Å². The van der Waals surface area contributed by atoms with Crippen molar-refractivity contribution in [2.75, 3.05) is 5.73 Å². The highest BCUT2D eigenvalue weighted by molar-refractivity contribution is 7.24. The molecule has 2 rings (SSSR count). The van der Waals surface area contributed by atoms with E-state index in [0.29, 0.717) is 0 Å². The fourth-order valence-corrected chi connectivity index (χ4v) is 2.85. The molecule has 0 amide bonds. The van der Waals surface area contributed by atoms with Crippen LogP contribution in [0.1, 0.15) is 4.88 Å². The smallest absolute Gasteiger partial charge is 0.0945 e. The summed E-state index contributed by atoms with van der Waals surface area (Å²) in [6.45, 7) is 2.11. The van der Waals surface area contributed by atoms with Crippen molar-refractivity contribution in [3.63, 3.8) is 0 Å². The summed E-state index contributed by atoms with van der Waals surface area (Å²) < 4.78 is 1.32. The second-order valence-corrected chi connectivity index (χ2v) is 4.43. The summed E-state index contributed by atoms with van der Waals surface area (Å²) in [7, 11) is 0. The molecule has 0 aliphatic rings. The zero-order chi connectivity index (χ0) is 7.14. The van der Waals surface area contributed by atoms with Crippen molar-refractivity contribution >= 4 is 37.8 Å². The van der Waals surface area contributed by atoms with Gasteiger partial charge in [-0.1, -0.05) is 0 Å². The number of thiophene rings is 2. The first-order chi connectivity index (χ1) is 4.77. The van der Waals surface area contributed by atoms with Gasteiger partial charge in [-0.3, -0.25) is 0 Å². The van der Waals surface area contributed by atoms with E-state index < -0.39 is 0 Å². The summed E-state index contributed by atoms with van der Waals surface area (Å²) >= 11 is 3.42. The number of anilines is 1. The highest BCUT2D eigenvalue weighted by Crippen LogP contribution is 2.34. The van der Waals surface area contributed by atoms with Gasteiger partial charge in [-0.05, 0) is 13.0 Å². The Bertz CT molecular complexity index is 358. The van der Waals surface area contributed by atoms with Crippen molar-refractivity contribution in [3.8, 4) is 0 Å². The van der Waals surface area contributed by atoms with E-state index in [1.165, 1.54) is 15.0 Å². The predicted octanol–water partition coefficient (Wildman–Crippen LogP) is 2.85. The second-order valence-electron chi connectivity index (χ2n) is 2.23. The van der Waals surface area contributed by atoms with Gasteiger partial charge in [-0.15, -0.1) is 22.7 Å². The zero-order valence-corrected chi connectivity index (χ0v) is 7.18. The number of nitrogens with two attached hydrogens (primary N) is 1. The van der Waals surface area contributed by atoms with Crippen LogP contribution in [0.15, 0.2) is 11.4 Å². The Morgan fingerprint density at radius 3 is 3.00 bits per heavy atom. The van der Waals surface area contributed by atoms with Gasteiger partial charge in [0.2, 0.25) is 0 Å². The molecule has 0 fully saturated rings. The molecule has 0 saturated heterocycles. The number of fused-ring (bicyclic) bond motifs is 1. The van der Waals surface area contributed by atoms with Gasteiger partial charge in [-0.25, -0.2) is 0 Å². The third kappa shape index (κ3) is 0.744. The van der Waals surface area contributed by atoms with Crippen LogP contribution in [0.5, 0.6) is 0 Å². The van der Waals surface area contributed by atoms with Crippen LogP contribution >= 0.6 is 22.7 Å². The molecule has 2 aromatic rings. The molecule has 0 spiro atoms. The van der Waals surface area contributed by atoms with Crippen molar-refractivity contribution in [1.29, 1.82) is 0 Å². The molecule has 0 aliphatic carbocycles. The van der Waals surface area contributed by atoms with Crippen LogP contribution in [0.25, 0.3) is 10.1 Å². The van der Waals surface area contributed by atoms with Gasteiger partial charge in [0.1, 0.15) is 0 Å². The fraction of sp³-hybridized carbons (Fsp3) is 0.143. The molecule has 0 aromatic carbocycles. The Morgan fingerprint density at radius 1 is 1.50 bits per heavy atom. The fourth-order valence-electron chi connectivity index (χ4n) is 0.993. The largest absolute Gasteiger partial charge is 0.390 e. The maximum Gasteiger partial charge on any atom is 0.0945 e.